The highest BCUT2D eigenvalue weighted by atomic mass is 35.5. The van der Waals surface area contributed by atoms with Crippen LogP contribution in [0.25, 0.3) is 0 Å². The summed E-state index contributed by atoms with van der Waals surface area (Å²) in [6, 6.07) is 1.34. The Labute approximate surface area is 249 Å². The zero-order valence-electron chi connectivity index (χ0n) is 22.6. The van der Waals surface area contributed by atoms with E-state index >= 15 is 0 Å². The van der Waals surface area contributed by atoms with E-state index in [0.29, 0.717) is 0 Å². The van der Waals surface area contributed by atoms with Crippen LogP contribution < -0.4 is 16.0 Å². The van der Waals surface area contributed by atoms with Crippen LogP contribution in [-0.2, 0) is 27.9 Å². The maximum Gasteiger partial charge on any atom is 0.330 e. The van der Waals surface area contributed by atoms with Crippen molar-refractivity contribution in [2.24, 2.45) is 11.1 Å². The van der Waals surface area contributed by atoms with Crippen LogP contribution in [0.3, 0.4) is 0 Å². The van der Waals surface area contributed by atoms with Crippen LogP contribution >= 0.6 is 30.8 Å². The number of aromatic hydroxyl groups is 1. The summed E-state index contributed by atoms with van der Waals surface area (Å²) in [6.07, 6.45) is -2.48. The fourth-order valence-corrected chi connectivity index (χ4v) is 5.79. The summed E-state index contributed by atoms with van der Waals surface area (Å²) in [4.78, 5) is 32.2. The Kier molecular flexibility index (Phi) is 10.4. The summed E-state index contributed by atoms with van der Waals surface area (Å²) in [5, 5.41) is 33.4. The molecule has 1 aromatic heterocycles. The molecule has 15 nitrogen and oxygen atoms in total. The van der Waals surface area contributed by atoms with Gasteiger partial charge in [-0.05, 0) is 6.92 Å². The van der Waals surface area contributed by atoms with E-state index < -0.39 is 55.8 Å². The number of hydrogen-bond acceptors (Lipinski definition) is 13. The minimum absolute atomic E-state index is 0.0600. The molecule has 3 unspecified atom stereocenters. The number of nitrogens with one attached hydrogen (secondary N) is 1. The quantitative estimate of drug-likeness (QED) is 0.157. The molecule has 2 saturated heterocycles. The Balaban J connectivity index is 1.49. The predicted octanol–water partition coefficient (Wildman–Crippen LogP) is 2.10. The molecule has 0 amide bonds. The van der Waals surface area contributed by atoms with Gasteiger partial charge in [-0.3, -0.25) is 18.9 Å². The first-order valence-electron chi connectivity index (χ1n) is 12.6. The molecule has 2 aromatic rings. The molecule has 18 heteroatoms. The molecule has 42 heavy (non-hydrogen) atoms. The number of phenolic OH excluding ortho intramolecular Hbond substituents is 1. The first kappa shape index (κ1) is 32.5. The van der Waals surface area contributed by atoms with Crippen molar-refractivity contribution in [3.8, 4) is 11.5 Å². The molecular formula is C24H30Cl2N3O12P. The Morgan fingerprint density at radius 1 is 1.21 bits per heavy atom. The number of aromatic amines is 1. The highest BCUT2D eigenvalue weighted by molar-refractivity contribution is 7.52. The van der Waals surface area contributed by atoms with Crippen molar-refractivity contribution in [3.05, 3.63) is 54.3 Å². The molecule has 4 rings (SSSR count). The highest BCUT2D eigenvalue weighted by Gasteiger charge is 2.41. The summed E-state index contributed by atoms with van der Waals surface area (Å²) in [5.41, 5.74) is -0.846. The average molecular weight is 654 g/mol. The van der Waals surface area contributed by atoms with E-state index in [9.17, 15) is 29.5 Å². The minimum atomic E-state index is -3.70. The Bertz CT molecular complexity index is 1480. The molecule has 4 N–H and O–H groups in total. The standard InChI is InChI=1S/C24H30Cl2N3O12P/c1-11-8-29(24(34)28-22(11)32)18-6-15(41-27-7-13-14(25)5-16(36-2)21(31)20(13)26)17(39-18)10-38-42(3,35)37-9-12-4-19(30)40-23(12)33/h5,7-8,12,15,17-19,23,30-31,33H,4,6,9-10H2,1-3H3,(H,28,32,34)/b27-7+/t12-,15+,17+,18+,19?,23?,42?/m0/s1. The van der Waals surface area contributed by atoms with Gasteiger partial charge in [-0.1, -0.05) is 28.4 Å². The van der Waals surface area contributed by atoms with Crippen LogP contribution in [0.1, 0.15) is 30.2 Å². The van der Waals surface area contributed by atoms with Gasteiger partial charge in [-0.15, -0.1) is 0 Å². The molecule has 0 spiro atoms. The summed E-state index contributed by atoms with van der Waals surface area (Å²) in [5.74, 6) is -0.898. The Morgan fingerprint density at radius 3 is 2.60 bits per heavy atom. The normalized spacial score (nSPS) is 27.4. The lowest BCUT2D eigenvalue weighted by Crippen LogP contribution is -2.33. The number of oxime groups is 1. The number of H-pyrrole nitrogens is 1. The van der Waals surface area contributed by atoms with Gasteiger partial charge < -0.3 is 43.4 Å². The number of aromatic nitrogens is 2. The molecule has 2 aliphatic rings. The van der Waals surface area contributed by atoms with Gasteiger partial charge in [0.25, 0.3) is 5.56 Å². The Morgan fingerprint density at radius 2 is 1.93 bits per heavy atom. The maximum absolute atomic E-state index is 13.0. The highest BCUT2D eigenvalue weighted by Crippen LogP contribution is 2.46. The van der Waals surface area contributed by atoms with Gasteiger partial charge in [0, 0.05) is 48.8 Å². The number of ether oxygens (including phenoxy) is 3. The number of nitrogens with zero attached hydrogens (tertiary/aromatic N) is 2. The lowest BCUT2D eigenvalue weighted by molar-refractivity contribution is -0.169. The second kappa shape index (κ2) is 13.5. The third-order valence-electron chi connectivity index (χ3n) is 6.63. The van der Waals surface area contributed by atoms with E-state index in [2.05, 4.69) is 10.1 Å². The van der Waals surface area contributed by atoms with E-state index in [0.717, 1.165) is 0 Å². The van der Waals surface area contributed by atoms with E-state index in [4.69, 9.17) is 51.3 Å². The van der Waals surface area contributed by atoms with Crippen LogP contribution in [-0.4, -0.2) is 82.9 Å². The second-order valence-electron chi connectivity index (χ2n) is 9.70. The molecular weight excluding hydrogens is 624 g/mol. The van der Waals surface area contributed by atoms with E-state index in [1.54, 1.807) is 0 Å². The average Bonchev–Trinajstić information content (AvgIpc) is 3.49. The molecule has 7 atom stereocenters. The number of phenols is 1. The van der Waals surface area contributed by atoms with Crippen molar-refractivity contribution in [2.45, 2.75) is 50.8 Å². The van der Waals surface area contributed by atoms with Gasteiger partial charge in [-0.2, -0.15) is 0 Å². The first-order chi connectivity index (χ1) is 19.8. The molecule has 2 fully saturated rings. The zero-order chi connectivity index (χ0) is 30.8. The van der Waals surface area contributed by atoms with Crippen LogP contribution in [0.5, 0.6) is 11.5 Å². The van der Waals surface area contributed by atoms with Crippen LogP contribution in [0.15, 0.2) is 27.0 Å². The first-order valence-corrected chi connectivity index (χ1v) is 15.3. The lowest BCUT2D eigenvalue weighted by atomic mass is 10.1. The number of benzene rings is 1. The number of aliphatic hydroxyl groups is 2. The van der Waals surface area contributed by atoms with Crippen LogP contribution in [0.4, 0.5) is 0 Å². The summed E-state index contributed by atoms with van der Waals surface area (Å²) in [6.45, 7) is 2.23. The fraction of sp³-hybridized carbons (Fsp3) is 0.542. The SMILES string of the molecule is COc1cc(Cl)c(/C=N/O[C@@H]2C[C@H](n3cc(C)c(=O)[nH]c3=O)O[C@@H]2COP(C)(=O)OC[C@@H]2CC(O)OC2O)c(Cl)c1O. The van der Waals surface area contributed by atoms with Crippen molar-refractivity contribution in [3.63, 3.8) is 0 Å². The molecule has 232 valence electrons. The van der Waals surface area contributed by atoms with Gasteiger partial charge in [0.2, 0.25) is 0 Å². The number of rotatable bonds is 11. The topological polar surface area (TPSA) is 200 Å². The van der Waals surface area contributed by atoms with Gasteiger partial charge >= 0.3 is 13.3 Å². The number of hydrogen-bond donors (Lipinski definition) is 4. The number of halogens is 2. The molecule has 1 aromatic carbocycles. The van der Waals surface area contributed by atoms with Crippen molar-refractivity contribution in [2.75, 3.05) is 27.0 Å². The molecule has 0 radical (unpaired) electrons. The van der Waals surface area contributed by atoms with E-state index in [-0.39, 0.29) is 58.7 Å². The molecule has 2 aliphatic heterocycles. The van der Waals surface area contributed by atoms with Crippen LogP contribution in [0.2, 0.25) is 10.0 Å². The van der Waals surface area contributed by atoms with Crippen LogP contribution in [0, 0.1) is 12.8 Å². The Hall–Kier alpha value is -2.46. The van der Waals surface area contributed by atoms with Gasteiger partial charge in [0.15, 0.2) is 30.2 Å². The second-order valence-corrected chi connectivity index (χ2v) is 12.5. The monoisotopic (exact) mass is 653 g/mol. The molecule has 0 aliphatic carbocycles. The van der Waals surface area contributed by atoms with Gasteiger partial charge in [0.05, 0.1) is 36.6 Å². The minimum Gasteiger partial charge on any atom is -0.503 e. The summed E-state index contributed by atoms with van der Waals surface area (Å²) >= 11 is 12.4. The van der Waals surface area contributed by atoms with E-state index in [1.165, 1.54) is 43.7 Å². The lowest BCUT2D eigenvalue weighted by Gasteiger charge is -2.21. The number of methoxy groups -OCH3 is 1. The van der Waals surface area contributed by atoms with E-state index in [1.807, 2.05) is 0 Å². The van der Waals surface area contributed by atoms with Crippen molar-refractivity contribution in [1.29, 1.82) is 0 Å². The smallest absolute Gasteiger partial charge is 0.330 e. The third-order valence-corrected chi connectivity index (χ3v) is 8.56. The molecule has 3 heterocycles. The summed E-state index contributed by atoms with van der Waals surface area (Å²) < 4.78 is 40.9. The van der Waals surface area contributed by atoms with Gasteiger partial charge in [-0.25, -0.2) is 4.79 Å². The number of aliphatic hydroxyl groups excluding tert-OH is 2. The van der Waals surface area contributed by atoms with Crippen molar-refractivity contribution in [1.82, 2.24) is 9.55 Å². The maximum atomic E-state index is 13.0. The molecule has 0 saturated carbocycles. The van der Waals surface area contributed by atoms with Gasteiger partial charge in [0.1, 0.15) is 12.3 Å². The zero-order valence-corrected chi connectivity index (χ0v) is 25.0. The third kappa shape index (κ3) is 7.54. The largest absolute Gasteiger partial charge is 0.503 e. The predicted molar refractivity (Wildman–Crippen MR) is 148 cm³/mol. The van der Waals surface area contributed by atoms with Crippen molar-refractivity contribution >= 4 is 37.0 Å². The summed E-state index contributed by atoms with van der Waals surface area (Å²) in [7, 11) is -2.36. The fourth-order valence-electron chi connectivity index (χ4n) is 4.30. The number of aryl methyl sites for hydroxylation is 1. The van der Waals surface area contributed by atoms with Crippen molar-refractivity contribution < 1.29 is 48.0 Å². The molecule has 0 bridgehead atoms.